The van der Waals surface area contributed by atoms with Gasteiger partial charge >= 0.3 is 0 Å². The fourth-order valence-electron chi connectivity index (χ4n) is 3.19. The number of amides is 1. The fourth-order valence-corrected chi connectivity index (χ4v) is 4.15. The topological polar surface area (TPSA) is 84.0 Å². The zero-order valence-electron chi connectivity index (χ0n) is 15.3. The van der Waals surface area contributed by atoms with E-state index in [9.17, 15) is 9.59 Å². The molecule has 0 atom stereocenters. The average Bonchev–Trinajstić information content (AvgIpc) is 3.30. The monoisotopic (exact) mass is 387 g/mol. The van der Waals surface area contributed by atoms with Gasteiger partial charge in [0, 0.05) is 26.2 Å². The molecule has 0 saturated carbocycles. The van der Waals surface area contributed by atoms with E-state index >= 15 is 0 Å². The number of furan rings is 1. The molecule has 27 heavy (non-hydrogen) atoms. The Labute approximate surface area is 160 Å². The van der Waals surface area contributed by atoms with Gasteiger partial charge in [-0.25, -0.2) is 0 Å². The highest BCUT2D eigenvalue weighted by Crippen LogP contribution is 2.27. The lowest BCUT2D eigenvalue weighted by Gasteiger charge is -2.29. The maximum Gasteiger partial charge on any atom is 0.274 e. The Morgan fingerprint density at radius 1 is 1.41 bits per heavy atom. The van der Waals surface area contributed by atoms with Crippen molar-refractivity contribution in [3.63, 3.8) is 0 Å². The summed E-state index contributed by atoms with van der Waals surface area (Å²) in [7, 11) is 1.67. The van der Waals surface area contributed by atoms with Gasteiger partial charge in [-0.3, -0.25) is 9.59 Å². The minimum absolute atomic E-state index is 0.215. The van der Waals surface area contributed by atoms with Crippen LogP contribution >= 0.6 is 11.3 Å². The SMILES string of the molecule is CC1CCN(c2nn3c(C(=O)N(C)Cc4ccco4)cc(=O)nc3s2)CC1. The minimum Gasteiger partial charge on any atom is -0.467 e. The van der Waals surface area contributed by atoms with E-state index in [-0.39, 0.29) is 11.6 Å². The summed E-state index contributed by atoms with van der Waals surface area (Å²) in [4.78, 5) is 33.1. The van der Waals surface area contributed by atoms with Gasteiger partial charge in [-0.2, -0.15) is 9.50 Å². The smallest absolute Gasteiger partial charge is 0.274 e. The van der Waals surface area contributed by atoms with Gasteiger partial charge in [-0.15, -0.1) is 5.10 Å². The van der Waals surface area contributed by atoms with E-state index in [1.807, 2.05) is 0 Å². The van der Waals surface area contributed by atoms with E-state index in [0.717, 1.165) is 31.1 Å². The largest absolute Gasteiger partial charge is 0.467 e. The van der Waals surface area contributed by atoms with Crippen molar-refractivity contribution in [3.8, 4) is 0 Å². The maximum atomic E-state index is 12.9. The molecule has 1 fully saturated rings. The Balaban J connectivity index is 1.65. The van der Waals surface area contributed by atoms with Crippen LogP contribution in [0.15, 0.2) is 33.7 Å². The first kappa shape index (κ1) is 17.7. The highest BCUT2D eigenvalue weighted by atomic mass is 32.1. The molecule has 0 bridgehead atoms. The van der Waals surface area contributed by atoms with Crippen LogP contribution in [-0.2, 0) is 6.54 Å². The van der Waals surface area contributed by atoms with Crippen LogP contribution in [0.3, 0.4) is 0 Å². The number of fused-ring (bicyclic) bond motifs is 1. The number of carbonyl (C=O) groups is 1. The molecule has 1 saturated heterocycles. The third-order valence-corrected chi connectivity index (χ3v) is 5.81. The summed E-state index contributed by atoms with van der Waals surface area (Å²) in [6, 6.07) is 4.82. The lowest BCUT2D eigenvalue weighted by molar-refractivity contribution is 0.0766. The quantitative estimate of drug-likeness (QED) is 0.683. The number of hydrogen-bond acceptors (Lipinski definition) is 7. The van der Waals surface area contributed by atoms with Crippen LogP contribution in [0.4, 0.5) is 5.13 Å². The van der Waals surface area contributed by atoms with Crippen LogP contribution in [0.2, 0.25) is 0 Å². The van der Waals surface area contributed by atoms with E-state index < -0.39 is 5.56 Å². The van der Waals surface area contributed by atoms with Crippen LogP contribution in [0.25, 0.3) is 4.96 Å². The van der Waals surface area contributed by atoms with Gasteiger partial charge in [-0.1, -0.05) is 18.3 Å². The Morgan fingerprint density at radius 2 is 2.19 bits per heavy atom. The molecule has 9 heteroatoms. The molecule has 4 rings (SSSR count). The third kappa shape index (κ3) is 3.59. The second-order valence-electron chi connectivity index (χ2n) is 6.97. The van der Waals surface area contributed by atoms with E-state index in [1.54, 1.807) is 25.4 Å². The first-order valence-electron chi connectivity index (χ1n) is 8.95. The van der Waals surface area contributed by atoms with Crippen molar-refractivity contribution in [2.24, 2.45) is 5.92 Å². The molecule has 142 valence electrons. The van der Waals surface area contributed by atoms with E-state index in [0.29, 0.717) is 23.2 Å². The molecule has 0 N–H and O–H groups in total. The molecule has 0 aromatic carbocycles. The van der Waals surface area contributed by atoms with Crippen molar-refractivity contribution >= 4 is 27.3 Å². The predicted molar refractivity (Wildman–Crippen MR) is 102 cm³/mol. The van der Waals surface area contributed by atoms with Crippen molar-refractivity contribution in [1.29, 1.82) is 0 Å². The third-order valence-electron chi connectivity index (χ3n) is 4.84. The van der Waals surface area contributed by atoms with Crippen molar-refractivity contribution in [1.82, 2.24) is 19.5 Å². The summed E-state index contributed by atoms with van der Waals surface area (Å²) in [6.07, 6.45) is 3.78. The molecule has 0 aliphatic carbocycles. The maximum absolute atomic E-state index is 12.9. The van der Waals surface area contributed by atoms with E-state index in [4.69, 9.17) is 4.42 Å². The zero-order chi connectivity index (χ0) is 19.0. The van der Waals surface area contributed by atoms with Crippen LogP contribution in [-0.4, -0.2) is 45.5 Å². The number of carbonyl (C=O) groups excluding carboxylic acids is 1. The first-order chi connectivity index (χ1) is 13.0. The Hall–Kier alpha value is -2.68. The summed E-state index contributed by atoms with van der Waals surface area (Å²) >= 11 is 1.35. The highest BCUT2D eigenvalue weighted by molar-refractivity contribution is 7.20. The van der Waals surface area contributed by atoms with E-state index in [1.165, 1.54) is 26.8 Å². The van der Waals surface area contributed by atoms with Crippen LogP contribution in [0.5, 0.6) is 0 Å². The fraction of sp³-hybridized carbons (Fsp3) is 0.444. The van der Waals surface area contributed by atoms with Crippen LogP contribution in [0.1, 0.15) is 36.0 Å². The molecular weight excluding hydrogens is 366 g/mol. The number of aromatic nitrogens is 3. The second kappa shape index (κ2) is 7.15. The van der Waals surface area contributed by atoms with Gasteiger partial charge in [0.15, 0.2) is 0 Å². The van der Waals surface area contributed by atoms with Gasteiger partial charge < -0.3 is 14.2 Å². The summed E-state index contributed by atoms with van der Waals surface area (Å²) in [6.45, 7) is 4.41. The van der Waals surface area contributed by atoms with Crippen molar-refractivity contribution in [3.05, 3.63) is 46.3 Å². The molecule has 8 nitrogen and oxygen atoms in total. The van der Waals surface area contributed by atoms with Crippen molar-refractivity contribution in [2.45, 2.75) is 26.3 Å². The molecule has 0 unspecified atom stereocenters. The first-order valence-corrected chi connectivity index (χ1v) is 9.76. The average molecular weight is 387 g/mol. The second-order valence-corrected chi connectivity index (χ2v) is 7.90. The molecule has 3 aromatic rings. The summed E-state index contributed by atoms with van der Waals surface area (Å²) in [5.41, 5.74) is -0.223. The number of hydrogen-bond donors (Lipinski definition) is 0. The molecule has 4 heterocycles. The highest BCUT2D eigenvalue weighted by Gasteiger charge is 2.23. The predicted octanol–water partition coefficient (Wildman–Crippen LogP) is 2.25. The molecule has 1 amide bonds. The normalized spacial score (nSPS) is 15.4. The number of anilines is 1. The minimum atomic E-state index is -0.438. The number of nitrogens with zero attached hydrogens (tertiary/aromatic N) is 5. The van der Waals surface area contributed by atoms with Crippen molar-refractivity contribution < 1.29 is 9.21 Å². The van der Waals surface area contributed by atoms with Gasteiger partial charge in [-0.05, 0) is 30.9 Å². The summed E-state index contributed by atoms with van der Waals surface area (Å²) < 4.78 is 6.78. The van der Waals surface area contributed by atoms with Gasteiger partial charge in [0.25, 0.3) is 11.5 Å². The van der Waals surface area contributed by atoms with Crippen LogP contribution in [0, 0.1) is 5.92 Å². The molecule has 0 spiro atoms. The standard InChI is InChI=1S/C18H21N5O3S/c1-12-5-7-22(8-6-12)18-20-23-14(10-15(24)19-17(23)27-18)16(25)21(2)11-13-4-3-9-26-13/h3-4,9-10,12H,5-8,11H2,1-2H3. The number of piperidine rings is 1. The summed E-state index contributed by atoms with van der Waals surface area (Å²) in [5, 5.41) is 5.39. The van der Waals surface area contributed by atoms with Gasteiger partial charge in [0.1, 0.15) is 11.5 Å². The molecule has 0 radical (unpaired) electrons. The zero-order valence-corrected chi connectivity index (χ0v) is 16.1. The Bertz CT molecular complexity index is 1000. The van der Waals surface area contributed by atoms with Gasteiger partial charge in [0.2, 0.25) is 10.1 Å². The Kier molecular flexibility index (Phi) is 4.69. The lowest BCUT2D eigenvalue weighted by atomic mass is 10.00. The summed E-state index contributed by atoms with van der Waals surface area (Å²) in [5.74, 6) is 1.08. The van der Waals surface area contributed by atoms with Crippen molar-refractivity contribution in [2.75, 3.05) is 25.0 Å². The molecule has 1 aliphatic heterocycles. The number of rotatable bonds is 4. The molecule has 1 aliphatic rings. The van der Waals surface area contributed by atoms with Crippen LogP contribution < -0.4 is 10.5 Å². The van der Waals surface area contributed by atoms with E-state index in [2.05, 4.69) is 21.9 Å². The Morgan fingerprint density at radius 3 is 2.89 bits per heavy atom. The lowest BCUT2D eigenvalue weighted by Crippen LogP contribution is -2.33. The van der Waals surface area contributed by atoms with Gasteiger partial charge in [0.05, 0.1) is 12.8 Å². The molecular formula is C18H21N5O3S. The molecule has 3 aromatic heterocycles.